The molecule has 1 aliphatic rings. The quantitative estimate of drug-likeness (QED) is 0.625. The number of nitriles is 1. The summed E-state index contributed by atoms with van der Waals surface area (Å²) < 4.78 is 43.3. The van der Waals surface area contributed by atoms with E-state index in [-0.39, 0.29) is 36.3 Å². The van der Waals surface area contributed by atoms with Crippen LogP contribution >= 0.6 is 0 Å². The van der Waals surface area contributed by atoms with E-state index in [0.29, 0.717) is 22.3 Å². The molecule has 0 saturated carbocycles. The van der Waals surface area contributed by atoms with Gasteiger partial charge in [-0.1, -0.05) is 6.07 Å². The highest BCUT2D eigenvalue weighted by Gasteiger charge is 2.31. The van der Waals surface area contributed by atoms with E-state index in [9.17, 15) is 22.9 Å². The van der Waals surface area contributed by atoms with Crippen LogP contribution in [-0.4, -0.2) is 41.5 Å². The topological polar surface area (TPSA) is 120 Å². The molecule has 1 saturated heterocycles. The second-order valence-electron chi connectivity index (χ2n) is 7.21. The van der Waals surface area contributed by atoms with Crippen molar-refractivity contribution in [1.82, 2.24) is 13.9 Å². The molecule has 0 bridgehead atoms. The molecule has 31 heavy (non-hydrogen) atoms. The molecule has 1 atom stereocenters. The second-order valence-corrected chi connectivity index (χ2v) is 8.88. The standard InChI is InChI=1S/C20H19FN6O3S/c1-26-12-23-17-6-5-14(9-15(17)20(26)28)24-18-3-2-4-19(16(18)10-22)25-31(29,30)27-8-7-13(21)11-27/h2-6,9,12-13,24-25H,7-8,11H2,1H3. The average Bonchev–Trinajstić information content (AvgIpc) is 3.18. The first kappa shape index (κ1) is 20.8. The van der Waals surface area contributed by atoms with Gasteiger partial charge < -0.3 is 9.88 Å². The van der Waals surface area contributed by atoms with Crippen molar-refractivity contribution in [2.24, 2.45) is 7.05 Å². The summed E-state index contributed by atoms with van der Waals surface area (Å²) in [6.07, 6.45) is 0.381. The molecule has 1 aliphatic heterocycles. The number of alkyl halides is 1. The smallest absolute Gasteiger partial charge is 0.301 e. The molecule has 4 rings (SSSR count). The Labute approximate surface area is 177 Å². The molecular weight excluding hydrogens is 423 g/mol. The maximum absolute atomic E-state index is 13.4. The highest BCUT2D eigenvalue weighted by atomic mass is 32.2. The van der Waals surface area contributed by atoms with Crippen LogP contribution in [-0.2, 0) is 17.3 Å². The van der Waals surface area contributed by atoms with Gasteiger partial charge in [-0.25, -0.2) is 9.37 Å². The molecule has 0 aliphatic carbocycles. The van der Waals surface area contributed by atoms with Gasteiger partial charge in [-0.15, -0.1) is 0 Å². The summed E-state index contributed by atoms with van der Waals surface area (Å²) in [5, 5.41) is 13.1. The Morgan fingerprint density at radius 2 is 2.03 bits per heavy atom. The van der Waals surface area contributed by atoms with Crippen LogP contribution in [0.2, 0.25) is 0 Å². The third-order valence-electron chi connectivity index (χ3n) is 5.04. The molecule has 0 spiro atoms. The highest BCUT2D eigenvalue weighted by Crippen LogP contribution is 2.29. The molecule has 2 heterocycles. The first-order chi connectivity index (χ1) is 14.8. The number of benzene rings is 2. The van der Waals surface area contributed by atoms with Crippen LogP contribution in [0.25, 0.3) is 10.9 Å². The van der Waals surface area contributed by atoms with Gasteiger partial charge in [0.2, 0.25) is 0 Å². The van der Waals surface area contributed by atoms with E-state index in [2.05, 4.69) is 15.0 Å². The van der Waals surface area contributed by atoms with Gasteiger partial charge in [0.1, 0.15) is 12.2 Å². The maximum Gasteiger partial charge on any atom is 0.301 e. The van der Waals surface area contributed by atoms with E-state index in [1.807, 2.05) is 6.07 Å². The average molecular weight is 442 g/mol. The molecule has 9 nitrogen and oxygen atoms in total. The number of halogens is 1. The van der Waals surface area contributed by atoms with Crippen LogP contribution in [0.4, 0.5) is 21.5 Å². The molecule has 1 fully saturated rings. The fraction of sp³-hybridized carbons (Fsp3) is 0.250. The van der Waals surface area contributed by atoms with Gasteiger partial charge in [-0.05, 0) is 36.8 Å². The van der Waals surface area contributed by atoms with Crippen molar-refractivity contribution in [2.75, 3.05) is 23.1 Å². The monoisotopic (exact) mass is 442 g/mol. The van der Waals surface area contributed by atoms with Crippen molar-refractivity contribution in [3.8, 4) is 6.07 Å². The number of nitrogens with one attached hydrogen (secondary N) is 2. The van der Waals surface area contributed by atoms with Gasteiger partial charge in [0.15, 0.2) is 0 Å². The lowest BCUT2D eigenvalue weighted by atomic mass is 10.1. The van der Waals surface area contributed by atoms with Gasteiger partial charge >= 0.3 is 10.2 Å². The van der Waals surface area contributed by atoms with Crippen molar-refractivity contribution in [1.29, 1.82) is 5.26 Å². The summed E-state index contributed by atoms with van der Waals surface area (Å²) in [6.45, 7) is -0.133. The largest absolute Gasteiger partial charge is 0.354 e. The van der Waals surface area contributed by atoms with Crippen molar-refractivity contribution in [2.45, 2.75) is 12.6 Å². The Bertz CT molecular complexity index is 1370. The van der Waals surface area contributed by atoms with Crippen molar-refractivity contribution >= 4 is 38.2 Å². The number of nitrogens with zero attached hydrogens (tertiary/aromatic N) is 4. The van der Waals surface area contributed by atoms with Gasteiger partial charge in [0, 0.05) is 25.8 Å². The Morgan fingerprint density at radius 1 is 1.26 bits per heavy atom. The van der Waals surface area contributed by atoms with Crippen LogP contribution in [0.15, 0.2) is 47.5 Å². The number of aryl methyl sites for hydroxylation is 1. The maximum atomic E-state index is 13.4. The molecular formula is C20H19FN6O3S. The first-order valence-electron chi connectivity index (χ1n) is 9.46. The predicted molar refractivity (Wildman–Crippen MR) is 115 cm³/mol. The predicted octanol–water partition coefficient (Wildman–Crippen LogP) is 2.25. The van der Waals surface area contributed by atoms with Gasteiger partial charge in [-0.2, -0.15) is 18.0 Å². The van der Waals surface area contributed by atoms with E-state index < -0.39 is 16.4 Å². The fourth-order valence-electron chi connectivity index (χ4n) is 3.42. The molecule has 11 heteroatoms. The summed E-state index contributed by atoms with van der Waals surface area (Å²) in [5.74, 6) is 0. The first-order valence-corrected chi connectivity index (χ1v) is 10.9. The summed E-state index contributed by atoms with van der Waals surface area (Å²) in [5.41, 5.74) is 1.36. The van der Waals surface area contributed by atoms with E-state index >= 15 is 0 Å². The van der Waals surface area contributed by atoms with Crippen LogP contribution < -0.4 is 15.6 Å². The Hall–Kier alpha value is -3.49. The zero-order valence-electron chi connectivity index (χ0n) is 16.5. The van der Waals surface area contributed by atoms with E-state index in [0.717, 1.165) is 4.31 Å². The lowest BCUT2D eigenvalue weighted by molar-refractivity contribution is 0.343. The van der Waals surface area contributed by atoms with Gasteiger partial charge in [-0.3, -0.25) is 9.52 Å². The number of fused-ring (bicyclic) bond motifs is 1. The minimum Gasteiger partial charge on any atom is -0.354 e. The zero-order valence-corrected chi connectivity index (χ0v) is 17.4. The van der Waals surface area contributed by atoms with Gasteiger partial charge in [0.05, 0.1) is 34.2 Å². The van der Waals surface area contributed by atoms with Crippen LogP contribution in [0.3, 0.4) is 0 Å². The van der Waals surface area contributed by atoms with Crippen molar-refractivity contribution in [3.63, 3.8) is 0 Å². The molecule has 0 amide bonds. The summed E-state index contributed by atoms with van der Waals surface area (Å²) in [6, 6.07) is 11.7. The summed E-state index contributed by atoms with van der Waals surface area (Å²) in [4.78, 5) is 16.5. The molecule has 1 unspecified atom stereocenters. The molecule has 2 aromatic carbocycles. The van der Waals surface area contributed by atoms with Crippen LogP contribution in [0, 0.1) is 11.3 Å². The minimum atomic E-state index is -4.00. The number of aromatic nitrogens is 2. The fourth-order valence-corrected chi connectivity index (χ4v) is 4.70. The van der Waals surface area contributed by atoms with E-state index in [4.69, 9.17) is 0 Å². The molecule has 0 radical (unpaired) electrons. The second kappa shape index (κ2) is 7.98. The van der Waals surface area contributed by atoms with Crippen LogP contribution in [0.1, 0.15) is 12.0 Å². The summed E-state index contributed by atoms with van der Waals surface area (Å²) >= 11 is 0. The summed E-state index contributed by atoms with van der Waals surface area (Å²) in [7, 11) is -2.39. The van der Waals surface area contributed by atoms with E-state index in [1.54, 1.807) is 37.4 Å². The lowest BCUT2D eigenvalue weighted by Crippen LogP contribution is -2.34. The van der Waals surface area contributed by atoms with Crippen molar-refractivity contribution in [3.05, 3.63) is 58.6 Å². The Balaban J connectivity index is 1.66. The van der Waals surface area contributed by atoms with Crippen molar-refractivity contribution < 1.29 is 12.8 Å². The highest BCUT2D eigenvalue weighted by molar-refractivity contribution is 7.90. The number of hydrogen-bond acceptors (Lipinski definition) is 6. The van der Waals surface area contributed by atoms with E-state index in [1.165, 1.54) is 17.0 Å². The lowest BCUT2D eigenvalue weighted by Gasteiger charge is -2.18. The Kier molecular flexibility index (Phi) is 5.34. The number of rotatable bonds is 5. The zero-order chi connectivity index (χ0) is 22.2. The third kappa shape index (κ3) is 4.08. The molecule has 160 valence electrons. The van der Waals surface area contributed by atoms with Crippen LogP contribution in [0.5, 0.6) is 0 Å². The number of hydrogen-bond donors (Lipinski definition) is 2. The molecule has 2 N–H and O–H groups in total. The third-order valence-corrected chi connectivity index (χ3v) is 6.53. The normalized spacial score (nSPS) is 16.9. The SMILES string of the molecule is Cn1cnc2ccc(Nc3cccc(NS(=O)(=O)N4CCC(F)C4)c3C#N)cc2c1=O. The number of anilines is 3. The molecule has 1 aromatic heterocycles. The minimum absolute atomic E-state index is 0.0706. The van der Waals surface area contributed by atoms with Gasteiger partial charge in [0.25, 0.3) is 5.56 Å². The Morgan fingerprint density at radius 3 is 2.74 bits per heavy atom. The molecule has 3 aromatic rings.